The van der Waals surface area contributed by atoms with E-state index >= 15 is 0 Å². The predicted molar refractivity (Wildman–Crippen MR) is 276 cm³/mol. The molecule has 2 heteroatoms. The van der Waals surface area contributed by atoms with Gasteiger partial charge in [-0.1, -0.05) is 172 Å². The Kier molecular flexibility index (Phi) is 8.53. The fraction of sp³-hybridized carbons (Fsp3) is 0.143. The highest BCUT2D eigenvalue weighted by Gasteiger charge is 2.34. The lowest BCUT2D eigenvalue weighted by molar-refractivity contribution is 0.381. The first kappa shape index (κ1) is 38.1. The maximum Gasteiger partial charge on any atom is 0.0546 e. The van der Waals surface area contributed by atoms with Crippen LogP contribution in [-0.2, 0) is 11.8 Å². The van der Waals surface area contributed by atoms with Crippen molar-refractivity contribution in [3.63, 3.8) is 0 Å². The van der Waals surface area contributed by atoms with E-state index in [9.17, 15) is 0 Å². The lowest BCUT2D eigenvalue weighted by Crippen LogP contribution is -2.28. The molecule has 2 heterocycles. The van der Waals surface area contributed by atoms with Gasteiger partial charge in [0.15, 0.2) is 0 Å². The van der Waals surface area contributed by atoms with Crippen molar-refractivity contribution in [1.82, 2.24) is 9.13 Å². The molecular formula is C63H50N2. The molecule has 13 rings (SSSR count). The minimum absolute atomic E-state index is 0.0676. The molecule has 2 aromatic heterocycles. The van der Waals surface area contributed by atoms with Crippen molar-refractivity contribution in [3.05, 3.63) is 229 Å². The molecule has 0 radical (unpaired) electrons. The SMILES string of the molecule is Cc1cc2c3ccccc3n(-c3cc(-c4ccc5c(c4)c4ccccc4n5-c4cccc5c4CC4C=CC=CC54)ccc3-c3cccc4ccccc34)c2cc1C(C)(C)C1C=CC=CC1. The van der Waals surface area contributed by atoms with E-state index < -0.39 is 0 Å². The van der Waals surface area contributed by atoms with Gasteiger partial charge < -0.3 is 9.13 Å². The third-order valence-corrected chi connectivity index (χ3v) is 15.4. The lowest BCUT2D eigenvalue weighted by Gasteiger charge is -2.35. The lowest BCUT2D eigenvalue weighted by atomic mass is 9.69. The molecule has 0 aliphatic heterocycles. The molecule has 3 atom stereocenters. The summed E-state index contributed by atoms with van der Waals surface area (Å²) in [6.45, 7) is 7.18. The van der Waals surface area contributed by atoms with Crippen LogP contribution in [0, 0.1) is 18.8 Å². The van der Waals surface area contributed by atoms with Crippen molar-refractivity contribution in [1.29, 1.82) is 0 Å². The fourth-order valence-corrected chi connectivity index (χ4v) is 12.1. The average molecular weight is 835 g/mol. The van der Waals surface area contributed by atoms with E-state index in [1.807, 2.05) is 0 Å². The normalized spacial score (nSPS) is 17.9. The predicted octanol–water partition coefficient (Wildman–Crippen LogP) is 16.5. The van der Waals surface area contributed by atoms with E-state index in [0.717, 1.165) is 12.8 Å². The molecule has 3 aliphatic rings. The average Bonchev–Trinajstić information content (AvgIpc) is 4.01. The molecule has 312 valence electrons. The number of allylic oxidation sites excluding steroid dienone is 8. The Balaban J connectivity index is 1.05. The Bertz CT molecular complexity index is 3720. The summed E-state index contributed by atoms with van der Waals surface area (Å²) < 4.78 is 5.11. The third-order valence-electron chi connectivity index (χ3n) is 15.4. The minimum Gasteiger partial charge on any atom is -0.309 e. The molecule has 0 bridgehead atoms. The van der Waals surface area contributed by atoms with Crippen LogP contribution >= 0.6 is 0 Å². The second kappa shape index (κ2) is 14.6. The molecule has 0 saturated heterocycles. The zero-order chi connectivity index (χ0) is 43.4. The quantitative estimate of drug-likeness (QED) is 0.158. The smallest absolute Gasteiger partial charge is 0.0546 e. The molecule has 2 nitrogen and oxygen atoms in total. The number of benzene rings is 8. The number of aromatic nitrogens is 2. The van der Waals surface area contributed by atoms with E-state index in [1.54, 1.807) is 0 Å². The van der Waals surface area contributed by atoms with E-state index in [-0.39, 0.29) is 5.41 Å². The summed E-state index contributed by atoms with van der Waals surface area (Å²) in [7, 11) is 0. The number of hydrogen-bond donors (Lipinski definition) is 0. The number of nitrogens with zero attached hydrogens (tertiary/aromatic N) is 2. The van der Waals surface area contributed by atoms with Crippen molar-refractivity contribution in [2.75, 3.05) is 0 Å². The molecule has 10 aromatic rings. The molecule has 0 fully saturated rings. The summed E-state index contributed by atoms with van der Waals surface area (Å²) in [5.74, 6) is 1.38. The summed E-state index contributed by atoms with van der Waals surface area (Å²) in [4.78, 5) is 0. The van der Waals surface area contributed by atoms with Gasteiger partial charge in [0.1, 0.15) is 0 Å². The van der Waals surface area contributed by atoms with Gasteiger partial charge in [0, 0.05) is 38.7 Å². The fourth-order valence-electron chi connectivity index (χ4n) is 12.1. The van der Waals surface area contributed by atoms with Gasteiger partial charge in [0.25, 0.3) is 0 Å². The van der Waals surface area contributed by atoms with Gasteiger partial charge in [-0.15, -0.1) is 0 Å². The van der Waals surface area contributed by atoms with Crippen LogP contribution in [0.15, 0.2) is 206 Å². The van der Waals surface area contributed by atoms with Gasteiger partial charge in [-0.2, -0.15) is 0 Å². The Labute approximate surface area is 380 Å². The van der Waals surface area contributed by atoms with E-state index in [1.165, 1.54) is 110 Å². The van der Waals surface area contributed by atoms with Crippen LogP contribution in [0.2, 0.25) is 0 Å². The highest BCUT2D eigenvalue weighted by molar-refractivity contribution is 6.12. The Morgan fingerprint density at radius 3 is 1.97 bits per heavy atom. The summed E-state index contributed by atoms with van der Waals surface area (Å²) in [6.07, 6.45) is 20.5. The van der Waals surface area contributed by atoms with Crippen LogP contribution in [-0.4, -0.2) is 9.13 Å². The molecule has 65 heavy (non-hydrogen) atoms. The topological polar surface area (TPSA) is 9.86 Å². The monoisotopic (exact) mass is 834 g/mol. The number of para-hydroxylation sites is 2. The molecule has 3 aliphatic carbocycles. The molecule has 0 saturated carbocycles. The molecule has 0 amide bonds. The Hall–Kier alpha value is -7.42. The maximum absolute atomic E-state index is 2.57. The van der Waals surface area contributed by atoms with E-state index in [0.29, 0.717) is 17.8 Å². The first-order chi connectivity index (χ1) is 31.9. The van der Waals surface area contributed by atoms with Crippen LogP contribution in [0.1, 0.15) is 48.4 Å². The number of aryl methyl sites for hydroxylation is 1. The summed E-state index contributed by atoms with van der Waals surface area (Å²) in [6, 6.07) is 59.9. The van der Waals surface area contributed by atoms with Gasteiger partial charge >= 0.3 is 0 Å². The summed E-state index contributed by atoms with van der Waals surface area (Å²) >= 11 is 0. The number of rotatable bonds is 6. The number of fused-ring (bicyclic) bond motifs is 10. The highest BCUT2D eigenvalue weighted by Crippen LogP contribution is 2.47. The maximum atomic E-state index is 2.57. The summed E-state index contributed by atoms with van der Waals surface area (Å²) in [5, 5.41) is 7.62. The van der Waals surface area contributed by atoms with Gasteiger partial charge in [0.05, 0.1) is 27.8 Å². The van der Waals surface area contributed by atoms with E-state index in [2.05, 4.69) is 236 Å². The molecule has 8 aromatic carbocycles. The molecule has 0 spiro atoms. The van der Waals surface area contributed by atoms with Crippen LogP contribution in [0.4, 0.5) is 0 Å². The van der Waals surface area contributed by atoms with Crippen LogP contribution in [0.5, 0.6) is 0 Å². The van der Waals surface area contributed by atoms with Crippen molar-refractivity contribution in [2.45, 2.75) is 44.9 Å². The van der Waals surface area contributed by atoms with Crippen LogP contribution in [0.25, 0.3) is 88.0 Å². The van der Waals surface area contributed by atoms with Gasteiger partial charge in [-0.25, -0.2) is 0 Å². The standard InChI is InChI=1S/C63H50N2/c1-40-35-53-50-24-11-14-29-58(50)65(62(53)39-56(40)63(2,3)45-20-5-4-6-21-45)61-38-43(31-33-52(61)48-26-15-19-41-17-7-9-22-46(41)48)42-32-34-60-55(36-42)51-25-12-13-28-57(51)64(60)59-30-16-27-49-47-23-10-8-18-44(47)37-54(49)59/h4-20,22-36,38-39,44-45,47H,21,37H2,1-3H3. The zero-order valence-electron chi connectivity index (χ0n) is 37.2. The van der Waals surface area contributed by atoms with Crippen LogP contribution in [0.3, 0.4) is 0 Å². The first-order valence-corrected chi connectivity index (χ1v) is 23.4. The van der Waals surface area contributed by atoms with Crippen molar-refractivity contribution in [3.8, 4) is 33.6 Å². The van der Waals surface area contributed by atoms with Crippen molar-refractivity contribution < 1.29 is 0 Å². The zero-order valence-corrected chi connectivity index (χ0v) is 37.2. The molecule has 3 unspecified atom stereocenters. The van der Waals surface area contributed by atoms with Crippen molar-refractivity contribution in [2.24, 2.45) is 11.8 Å². The second-order valence-corrected chi connectivity index (χ2v) is 19.3. The third kappa shape index (κ3) is 5.79. The van der Waals surface area contributed by atoms with E-state index in [4.69, 9.17) is 0 Å². The largest absolute Gasteiger partial charge is 0.309 e. The number of hydrogen-bond acceptors (Lipinski definition) is 0. The van der Waals surface area contributed by atoms with Crippen molar-refractivity contribution >= 4 is 54.4 Å². The van der Waals surface area contributed by atoms with Crippen LogP contribution < -0.4 is 0 Å². The second-order valence-electron chi connectivity index (χ2n) is 19.3. The van der Waals surface area contributed by atoms with Gasteiger partial charge in [-0.05, 0) is 135 Å². The van der Waals surface area contributed by atoms with Gasteiger partial charge in [0.2, 0.25) is 0 Å². The highest BCUT2D eigenvalue weighted by atomic mass is 15.0. The van der Waals surface area contributed by atoms with Gasteiger partial charge in [-0.3, -0.25) is 0 Å². The first-order valence-electron chi connectivity index (χ1n) is 23.4. The molecular weight excluding hydrogens is 785 g/mol. The summed E-state index contributed by atoms with van der Waals surface area (Å²) in [5.41, 5.74) is 17.9. The minimum atomic E-state index is -0.0676. The Morgan fingerprint density at radius 2 is 1.15 bits per heavy atom. The Morgan fingerprint density at radius 1 is 0.492 bits per heavy atom. The molecule has 0 N–H and O–H groups in total.